The largest absolute Gasteiger partial charge is 0.292 e. The highest BCUT2D eigenvalue weighted by Gasteiger charge is 2.29. The van der Waals surface area contributed by atoms with Crippen molar-refractivity contribution in [3.63, 3.8) is 0 Å². The van der Waals surface area contributed by atoms with Crippen molar-refractivity contribution in [2.75, 3.05) is 0 Å². The second kappa shape index (κ2) is 11.0. The van der Waals surface area contributed by atoms with Gasteiger partial charge < -0.3 is 0 Å². The van der Waals surface area contributed by atoms with Gasteiger partial charge in [0.15, 0.2) is 5.82 Å². The molecule has 0 fully saturated rings. The summed E-state index contributed by atoms with van der Waals surface area (Å²) in [4.78, 5) is 13.0. The van der Waals surface area contributed by atoms with E-state index in [0.717, 1.165) is 39.4 Å². The zero-order valence-electron chi connectivity index (χ0n) is 24.8. The topological polar surface area (TPSA) is 30.7 Å². The quantitative estimate of drug-likeness (QED) is 0.200. The maximum atomic E-state index is 5.37. The molecular weight excluding hydrogens is 579 g/mol. The van der Waals surface area contributed by atoms with Crippen LogP contribution in [0.1, 0.15) is 0 Å². The van der Waals surface area contributed by atoms with Crippen molar-refractivity contribution in [1.29, 1.82) is 0 Å². The maximum absolute atomic E-state index is 5.37. The third-order valence-electron chi connectivity index (χ3n) is 8.64. The van der Waals surface area contributed by atoms with E-state index in [1.165, 1.54) is 37.4 Å². The molecule has 0 atom stereocenters. The van der Waals surface area contributed by atoms with Gasteiger partial charge >= 0.3 is 0 Å². The van der Waals surface area contributed by atoms with E-state index < -0.39 is 0 Å². The summed E-state index contributed by atoms with van der Waals surface area (Å²) < 4.78 is 2.40. The van der Waals surface area contributed by atoms with Crippen LogP contribution in [0.3, 0.4) is 0 Å². The van der Waals surface area contributed by atoms with E-state index in [0.29, 0.717) is 5.82 Å². The fraction of sp³-hybridized carbons (Fsp3) is 0. The van der Waals surface area contributed by atoms with Crippen LogP contribution < -0.4 is 0 Å². The molecule has 1 aliphatic heterocycles. The molecule has 2 aromatic heterocycles. The fourth-order valence-electron chi connectivity index (χ4n) is 6.60. The van der Waals surface area contributed by atoms with E-state index in [9.17, 15) is 0 Å². The minimum absolute atomic E-state index is 0.696. The standard InChI is InChI=1S/C42H27N3S/c1-4-15-28(16-5-1)31-23-14-24-34-39-32-21-10-12-25-36(32)46-37-26-13-11-22-33(37)41(39)45(40(31)34)38-27-35(29-17-6-2-7-18-29)43-42(44-38)30-19-8-3-9-20-30/h1-27H. The number of hydrogen-bond donors (Lipinski definition) is 0. The Labute approximate surface area is 271 Å². The Morgan fingerprint density at radius 3 is 1.74 bits per heavy atom. The lowest BCUT2D eigenvalue weighted by atomic mass is 9.96. The van der Waals surface area contributed by atoms with Gasteiger partial charge in [0.25, 0.3) is 0 Å². The second-order valence-electron chi connectivity index (χ2n) is 11.4. The third kappa shape index (κ3) is 4.38. The number of fused-ring (bicyclic) bond motifs is 7. The number of nitrogens with zero attached hydrogens (tertiary/aromatic N) is 3. The van der Waals surface area contributed by atoms with Gasteiger partial charge in [-0.15, -0.1) is 0 Å². The van der Waals surface area contributed by atoms with Gasteiger partial charge in [0, 0.05) is 49.1 Å². The SMILES string of the molecule is c1ccc(-c2cc(-n3c4c(c5cccc(-c6ccccc6)c53)-c3ccccc3Sc3ccccc3-4)nc(-c3ccccc3)n2)cc1. The van der Waals surface area contributed by atoms with Crippen LogP contribution in [0.5, 0.6) is 0 Å². The van der Waals surface area contributed by atoms with Gasteiger partial charge in [-0.05, 0) is 23.3 Å². The minimum atomic E-state index is 0.696. The molecule has 0 spiro atoms. The van der Waals surface area contributed by atoms with Crippen molar-refractivity contribution < 1.29 is 0 Å². The highest BCUT2D eigenvalue weighted by molar-refractivity contribution is 7.99. The second-order valence-corrected chi connectivity index (χ2v) is 12.5. The minimum Gasteiger partial charge on any atom is -0.292 e. The molecule has 0 saturated heterocycles. The summed E-state index contributed by atoms with van der Waals surface area (Å²) in [5.74, 6) is 1.53. The molecule has 3 nitrogen and oxygen atoms in total. The molecule has 8 aromatic rings. The Morgan fingerprint density at radius 2 is 1.02 bits per heavy atom. The molecule has 216 valence electrons. The summed E-state index contributed by atoms with van der Waals surface area (Å²) in [5, 5.41) is 1.20. The summed E-state index contributed by atoms with van der Waals surface area (Å²) in [6.07, 6.45) is 0. The molecule has 0 aliphatic carbocycles. The van der Waals surface area contributed by atoms with E-state index >= 15 is 0 Å². The van der Waals surface area contributed by atoms with Crippen LogP contribution in [-0.2, 0) is 0 Å². The van der Waals surface area contributed by atoms with Crippen LogP contribution in [0.25, 0.3) is 72.9 Å². The molecule has 0 unspecified atom stereocenters. The van der Waals surface area contributed by atoms with Crippen molar-refractivity contribution >= 4 is 22.7 Å². The van der Waals surface area contributed by atoms with E-state index in [4.69, 9.17) is 9.97 Å². The fourth-order valence-corrected chi connectivity index (χ4v) is 7.68. The lowest BCUT2D eigenvalue weighted by Gasteiger charge is -2.17. The average Bonchev–Trinajstić information content (AvgIpc) is 3.40. The van der Waals surface area contributed by atoms with E-state index in [1.807, 2.05) is 36.0 Å². The van der Waals surface area contributed by atoms with E-state index in [2.05, 4.69) is 144 Å². The Bertz CT molecular complexity index is 2320. The predicted molar refractivity (Wildman–Crippen MR) is 190 cm³/mol. The summed E-state index contributed by atoms with van der Waals surface area (Å²) in [7, 11) is 0. The Kier molecular flexibility index (Phi) is 6.39. The normalized spacial score (nSPS) is 11.8. The molecule has 0 radical (unpaired) electrons. The van der Waals surface area contributed by atoms with Crippen molar-refractivity contribution in [2.24, 2.45) is 0 Å². The Balaban J connectivity index is 1.48. The van der Waals surface area contributed by atoms with Crippen molar-refractivity contribution in [3.8, 4) is 62.0 Å². The van der Waals surface area contributed by atoms with Crippen LogP contribution in [-0.4, -0.2) is 14.5 Å². The number of rotatable bonds is 4. The monoisotopic (exact) mass is 605 g/mol. The molecule has 0 amide bonds. The molecular formula is C42H27N3S. The first-order chi connectivity index (χ1) is 22.8. The molecule has 46 heavy (non-hydrogen) atoms. The van der Waals surface area contributed by atoms with Gasteiger partial charge in [-0.2, -0.15) is 0 Å². The highest BCUT2D eigenvalue weighted by Crippen LogP contribution is 2.53. The average molecular weight is 606 g/mol. The molecule has 0 saturated carbocycles. The van der Waals surface area contributed by atoms with Crippen molar-refractivity contribution in [2.45, 2.75) is 9.79 Å². The molecule has 6 aromatic carbocycles. The molecule has 1 aliphatic rings. The maximum Gasteiger partial charge on any atom is 0.162 e. The smallest absolute Gasteiger partial charge is 0.162 e. The van der Waals surface area contributed by atoms with Crippen LogP contribution in [0, 0.1) is 0 Å². The van der Waals surface area contributed by atoms with Gasteiger partial charge in [0.05, 0.1) is 16.9 Å². The number of hydrogen-bond acceptors (Lipinski definition) is 3. The summed E-state index contributed by atoms with van der Waals surface area (Å²) in [6.45, 7) is 0. The zero-order valence-corrected chi connectivity index (χ0v) is 25.7. The van der Waals surface area contributed by atoms with Crippen LogP contribution in [0.4, 0.5) is 0 Å². The predicted octanol–water partition coefficient (Wildman–Crippen LogP) is 11.2. The highest BCUT2D eigenvalue weighted by atomic mass is 32.2. The van der Waals surface area contributed by atoms with Crippen molar-refractivity contribution in [1.82, 2.24) is 14.5 Å². The first kappa shape index (κ1) is 26.7. The van der Waals surface area contributed by atoms with E-state index in [-0.39, 0.29) is 0 Å². The van der Waals surface area contributed by atoms with Gasteiger partial charge in [-0.1, -0.05) is 157 Å². The molecule has 0 bridgehead atoms. The number of para-hydroxylation sites is 1. The zero-order chi connectivity index (χ0) is 30.5. The summed E-state index contributed by atoms with van der Waals surface area (Å²) in [5.41, 5.74) is 11.2. The van der Waals surface area contributed by atoms with Gasteiger partial charge in [0.2, 0.25) is 0 Å². The molecule has 3 heterocycles. The van der Waals surface area contributed by atoms with Crippen molar-refractivity contribution in [3.05, 3.63) is 164 Å². The number of benzene rings is 6. The molecule has 9 rings (SSSR count). The molecule has 0 N–H and O–H groups in total. The summed E-state index contributed by atoms with van der Waals surface area (Å²) in [6, 6.07) is 57.8. The Hall–Kier alpha value is -5.71. The lowest BCUT2D eigenvalue weighted by molar-refractivity contribution is 1.02. The first-order valence-electron chi connectivity index (χ1n) is 15.4. The Morgan fingerprint density at radius 1 is 0.457 bits per heavy atom. The van der Waals surface area contributed by atoms with Crippen LogP contribution >= 0.6 is 11.8 Å². The van der Waals surface area contributed by atoms with Gasteiger partial charge in [-0.3, -0.25) is 4.57 Å². The lowest BCUT2D eigenvalue weighted by Crippen LogP contribution is -2.05. The summed E-state index contributed by atoms with van der Waals surface area (Å²) >= 11 is 1.83. The number of aromatic nitrogens is 3. The van der Waals surface area contributed by atoms with E-state index in [1.54, 1.807) is 0 Å². The van der Waals surface area contributed by atoms with Crippen LogP contribution in [0.2, 0.25) is 0 Å². The van der Waals surface area contributed by atoms with Crippen LogP contribution in [0.15, 0.2) is 174 Å². The first-order valence-corrected chi connectivity index (χ1v) is 16.2. The van der Waals surface area contributed by atoms with Gasteiger partial charge in [0.1, 0.15) is 5.82 Å². The van der Waals surface area contributed by atoms with Gasteiger partial charge in [-0.25, -0.2) is 9.97 Å². The molecule has 4 heteroatoms. The third-order valence-corrected chi connectivity index (χ3v) is 9.79.